The van der Waals surface area contributed by atoms with E-state index in [-0.39, 0.29) is 5.69 Å². The maximum Gasteiger partial charge on any atom is 0.343 e. The minimum absolute atomic E-state index is 0.168. The molecule has 0 aliphatic rings. The van der Waals surface area contributed by atoms with Gasteiger partial charge in [0.05, 0.1) is 24.6 Å². The van der Waals surface area contributed by atoms with Gasteiger partial charge >= 0.3 is 5.97 Å². The Bertz CT molecular complexity index is 987. The Hall–Kier alpha value is -4.07. The van der Waals surface area contributed by atoms with Crippen LogP contribution in [0.25, 0.3) is 0 Å². The van der Waals surface area contributed by atoms with Crippen LogP contribution in [-0.4, -0.2) is 34.7 Å². The van der Waals surface area contributed by atoms with E-state index in [1.54, 1.807) is 48.5 Å². The van der Waals surface area contributed by atoms with Gasteiger partial charge in [0, 0.05) is 12.4 Å². The molecular formula is C21H18N4O4. The van der Waals surface area contributed by atoms with Crippen LogP contribution in [0, 0.1) is 0 Å². The molecule has 8 heteroatoms. The number of benzene rings is 2. The van der Waals surface area contributed by atoms with Gasteiger partial charge in [0.15, 0.2) is 0 Å². The van der Waals surface area contributed by atoms with Gasteiger partial charge in [-0.05, 0) is 61.0 Å². The zero-order valence-electron chi connectivity index (χ0n) is 15.6. The van der Waals surface area contributed by atoms with Crippen molar-refractivity contribution in [1.82, 2.24) is 15.4 Å². The number of nitrogens with one attached hydrogen (secondary N) is 1. The van der Waals surface area contributed by atoms with Crippen LogP contribution in [-0.2, 0) is 0 Å². The van der Waals surface area contributed by atoms with E-state index < -0.39 is 11.9 Å². The quantitative estimate of drug-likeness (QED) is 0.288. The molecule has 0 saturated heterocycles. The third kappa shape index (κ3) is 5.70. The van der Waals surface area contributed by atoms with Crippen molar-refractivity contribution in [3.63, 3.8) is 0 Å². The normalized spacial score (nSPS) is 10.5. The number of hydrazone groups is 1. The molecular weight excluding hydrogens is 372 g/mol. The largest absolute Gasteiger partial charge is 0.494 e. The molecule has 0 aliphatic carbocycles. The highest BCUT2D eigenvalue weighted by Crippen LogP contribution is 2.16. The summed E-state index contributed by atoms with van der Waals surface area (Å²) in [6, 6.07) is 13.4. The van der Waals surface area contributed by atoms with Crippen molar-refractivity contribution in [3.8, 4) is 11.5 Å². The van der Waals surface area contributed by atoms with Crippen LogP contribution in [0.15, 0.2) is 72.2 Å². The van der Waals surface area contributed by atoms with Crippen molar-refractivity contribution >= 4 is 18.1 Å². The number of amides is 1. The molecule has 29 heavy (non-hydrogen) atoms. The molecule has 1 amide bonds. The van der Waals surface area contributed by atoms with E-state index in [2.05, 4.69) is 20.5 Å². The number of hydrogen-bond donors (Lipinski definition) is 1. The van der Waals surface area contributed by atoms with E-state index >= 15 is 0 Å². The highest BCUT2D eigenvalue weighted by atomic mass is 16.5. The lowest BCUT2D eigenvalue weighted by Crippen LogP contribution is -2.19. The molecule has 1 heterocycles. The van der Waals surface area contributed by atoms with Crippen LogP contribution < -0.4 is 14.9 Å². The minimum Gasteiger partial charge on any atom is -0.494 e. The summed E-state index contributed by atoms with van der Waals surface area (Å²) in [7, 11) is 0. The lowest BCUT2D eigenvalue weighted by molar-refractivity contribution is 0.0734. The fourth-order valence-electron chi connectivity index (χ4n) is 2.28. The van der Waals surface area contributed by atoms with E-state index in [1.165, 1.54) is 24.8 Å². The first-order chi connectivity index (χ1) is 14.2. The van der Waals surface area contributed by atoms with Crippen molar-refractivity contribution in [3.05, 3.63) is 83.9 Å². The summed E-state index contributed by atoms with van der Waals surface area (Å²) < 4.78 is 10.7. The second-order valence-electron chi connectivity index (χ2n) is 5.71. The number of aromatic nitrogens is 2. The fraction of sp³-hybridized carbons (Fsp3) is 0.0952. The molecule has 0 radical (unpaired) electrons. The van der Waals surface area contributed by atoms with Gasteiger partial charge in [-0.25, -0.2) is 15.2 Å². The molecule has 8 nitrogen and oxygen atoms in total. The van der Waals surface area contributed by atoms with Crippen molar-refractivity contribution in [1.29, 1.82) is 0 Å². The van der Waals surface area contributed by atoms with E-state index in [1.807, 2.05) is 6.92 Å². The van der Waals surface area contributed by atoms with Gasteiger partial charge in [-0.2, -0.15) is 5.10 Å². The second-order valence-corrected chi connectivity index (χ2v) is 5.71. The topological polar surface area (TPSA) is 103 Å². The van der Waals surface area contributed by atoms with Crippen LogP contribution in [0.4, 0.5) is 0 Å². The molecule has 0 spiro atoms. The zero-order chi connectivity index (χ0) is 20.5. The number of nitrogens with zero attached hydrogens (tertiary/aromatic N) is 3. The van der Waals surface area contributed by atoms with Crippen LogP contribution in [0.5, 0.6) is 11.5 Å². The average molecular weight is 390 g/mol. The number of carbonyl (C=O) groups excluding carboxylic acids is 2. The van der Waals surface area contributed by atoms with Crippen molar-refractivity contribution < 1.29 is 19.1 Å². The third-order valence-corrected chi connectivity index (χ3v) is 3.67. The van der Waals surface area contributed by atoms with Gasteiger partial charge in [-0.15, -0.1) is 0 Å². The lowest BCUT2D eigenvalue weighted by Gasteiger charge is -2.06. The molecule has 2 aromatic carbocycles. The Labute approximate surface area is 167 Å². The summed E-state index contributed by atoms with van der Waals surface area (Å²) in [6.45, 7) is 2.45. The predicted octanol–water partition coefficient (Wildman–Crippen LogP) is 2.86. The van der Waals surface area contributed by atoms with E-state index in [0.717, 1.165) is 0 Å². The second kappa shape index (κ2) is 9.75. The van der Waals surface area contributed by atoms with Crippen molar-refractivity contribution in [2.24, 2.45) is 5.10 Å². The lowest BCUT2D eigenvalue weighted by atomic mass is 10.2. The molecule has 0 saturated carbocycles. The summed E-state index contributed by atoms with van der Waals surface area (Å²) in [5.74, 6) is 0.157. The number of esters is 1. The van der Waals surface area contributed by atoms with Crippen LogP contribution in [0.2, 0.25) is 0 Å². The van der Waals surface area contributed by atoms with Gasteiger partial charge in [0.2, 0.25) is 0 Å². The molecule has 0 bridgehead atoms. The monoisotopic (exact) mass is 390 g/mol. The van der Waals surface area contributed by atoms with Crippen molar-refractivity contribution in [2.45, 2.75) is 6.92 Å². The number of rotatable bonds is 7. The van der Waals surface area contributed by atoms with Gasteiger partial charge in [0.1, 0.15) is 17.2 Å². The summed E-state index contributed by atoms with van der Waals surface area (Å²) in [6.07, 6.45) is 5.71. The standard InChI is InChI=1S/C21H18N4O4/c1-2-28-17-9-5-16(6-10-17)21(27)29-18-7-3-15(4-8-18)13-24-25-20(26)19-14-22-11-12-23-19/h3-14H,2H2,1H3,(H,25,26)/b24-13-. The van der Waals surface area contributed by atoms with E-state index in [0.29, 0.717) is 29.2 Å². The molecule has 146 valence electrons. The maximum absolute atomic E-state index is 12.2. The Morgan fingerprint density at radius 2 is 1.76 bits per heavy atom. The van der Waals surface area contributed by atoms with Crippen LogP contribution in [0.3, 0.4) is 0 Å². The zero-order valence-corrected chi connectivity index (χ0v) is 15.6. The fourth-order valence-corrected chi connectivity index (χ4v) is 2.28. The highest BCUT2D eigenvalue weighted by Gasteiger charge is 2.09. The molecule has 1 aromatic heterocycles. The first-order valence-corrected chi connectivity index (χ1v) is 8.80. The Morgan fingerprint density at radius 3 is 2.41 bits per heavy atom. The predicted molar refractivity (Wildman–Crippen MR) is 106 cm³/mol. The maximum atomic E-state index is 12.2. The van der Waals surface area contributed by atoms with Crippen LogP contribution in [0.1, 0.15) is 33.3 Å². The average Bonchev–Trinajstić information content (AvgIpc) is 2.76. The molecule has 3 aromatic rings. The molecule has 0 fully saturated rings. The van der Waals surface area contributed by atoms with Crippen LogP contribution >= 0.6 is 0 Å². The summed E-state index contributed by atoms with van der Waals surface area (Å²) in [4.78, 5) is 31.7. The molecule has 0 atom stereocenters. The summed E-state index contributed by atoms with van der Waals surface area (Å²) in [5, 5.41) is 3.87. The number of hydrogen-bond acceptors (Lipinski definition) is 7. The van der Waals surface area contributed by atoms with Gasteiger partial charge in [-0.1, -0.05) is 0 Å². The Balaban J connectivity index is 1.54. The van der Waals surface area contributed by atoms with E-state index in [9.17, 15) is 9.59 Å². The highest BCUT2D eigenvalue weighted by molar-refractivity contribution is 5.93. The molecule has 3 rings (SSSR count). The first-order valence-electron chi connectivity index (χ1n) is 8.80. The smallest absolute Gasteiger partial charge is 0.343 e. The molecule has 1 N–H and O–H groups in total. The SMILES string of the molecule is CCOc1ccc(C(=O)Oc2ccc(/C=N\NC(=O)c3cnccn3)cc2)cc1. The van der Waals surface area contributed by atoms with Gasteiger partial charge in [-0.3, -0.25) is 9.78 Å². The molecule has 0 aliphatic heterocycles. The summed E-state index contributed by atoms with van der Waals surface area (Å²) >= 11 is 0. The number of carbonyl (C=O) groups is 2. The molecule has 0 unspecified atom stereocenters. The first kappa shape index (κ1) is 19.7. The number of ether oxygens (including phenoxy) is 2. The van der Waals surface area contributed by atoms with E-state index in [4.69, 9.17) is 9.47 Å². The third-order valence-electron chi connectivity index (χ3n) is 3.67. The minimum atomic E-state index is -0.467. The van der Waals surface area contributed by atoms with Gasteiger partial charge in [0.25, 0.3) is 5.91 Å². The van der Waals surface area contributed by atoms with Gasteiger partial charge < -0.3 is 9.47 Å². The van der Waals surface area contributed by atoms with Crippen molar-refractivity contribution in [2.75, 3.05) is 6.61 Å². The Morgan fingerprint density at radius 1 is 1.03 bits per heavy atom. The summed E-state index contributed by atoms with van der Waals surface area (Å²) in [5.41, 5.74) is 3.66. The Kier molecular flexibility index (Phi) is 6.62.